The quantitative estimate of drug-likeness (QED) is 0.617. The number of aryl methyl sites for hydroxylation is 1. The van der Waals surface area contributed by atoms with Crippen molar-refractivity contribution in [2.45, 2.75) is 13.5 Å². The zero-order valence-electron chi connectivity index (χ0n) is 13.8. The Bertz CT molecular complexity index is 949. The zero-order valence-corrected chi connectivity index (χ0v) is 15.4. The lowest BCUT2D eigenvalue weighted by atomic mass is 10.1. The van der Waals surface area contributed by atoms with Gasteiger partial charge in [0.1, 0.15) is 11.3 Å². The molecule has 0 bridgehead atoms. The number of hydrogen-bond acceptors (Lipinski definition) is 4. The molecule has 3 aromatic rings. The van der Waals surface area contributed by atoms with Gasteiger partial charge in [-0.3, -0.25) is 0 Å². The number of nitrogens with zero attached hydrogens (tertiary/aromatic N) is 1. The van der Waals surface area contributed by atoms with Crippen LogP contribution in [0.4, 0.5) is 5.69 Å². The molecule has 0 atom stereocenters. The minimum atomic E-state index is -0.344. The van der Waals surface area contributed by atoms with Crippen molar-refractivity contribution < 1.29 is 9.15 Å². The van der Waals surface area contributed by atoms with Crippen LogP contribution in [0.2, 0.25) is 0 Å². The van der Waals surface area contributed by atoms with Crippen LogP contribution < -0.4 is 15.3 Å². The van der Waals surface area contributed by atoms with E-state index in [9.17, 15) is 4.79 Å². The van der Waals surface area contributed by atoms with Crippen molar-refractivity contribution in [3.05, 3.63) is 68.5 Å². The van der Waals surface area contributed by atoms with Crippen LogP contribution >= 0.6 is 15.9 Å². The van der Waals surface area contributed by atoms with Crippen LogP contribution in [0.1, 0.15) is 11.1 Å². The minimum Gasteiger partial charge on any atom is -0.497 e. The first-order chi connectivity index (χ1) is 11.5. The number of ether oxygens (including phenoxy) is 1. The second kappa shape index (κ2) is 6.69. The van der Waals surface area contributed by atoms with Gasteiger partial charge in [-0.25, -0.2) is 4.79 Å². The van der Waals surface area contributed by atoms with Gasteiger partial charge in [0.15, 0.2) is 0 Å². The van der Waals surface area contributed by atoms with E-state index in [-0.39, 0.29) is 5.63 Å². The van der Waals surface area contributed by atoms with E-state index in [1.165, 1.54) is 6.07 Å². The van der Waals surface area contributed by atoms with Gasteiger partial charge in [0, 0.05) is 29.5 Å². The molecule has 0 fully saturated rings. The molecule has 1 heterocycles. The fourth-order valence-electron chi connectivity index (χ4n) is 2.76. The largest absolute Gasteiger partial charge is 0.497 e. The fraction of sp³-hybridized carbons (Fsp3) is 0.211. The van der Waals surface area contributed by atoms with Crippen LogP contribution in [0.3, 0.4) is 0 Å². The highest BCUT2D eigenvalue weighted by Gasteiger charge is 2.13. The molecule has 0 saturated carbocycles. The molecular formula is C19H18BrNO3. The maximum absolute atomic E-state index is 12.0. The number of benzene rings is 2. The first kappa shape index (κ1) is 16.6. The molecule has 1 aromatic heterocycles. The highest BCUT2D eigenvalue weighted by atomic mass is 79.9. The number of rotatable bonds is 4. The summed E-state index contributed by atoms with van der Waals surface area (Å²) < 4.78 is 11.7. The van der Waals surface area contributed by atoms with Gasteiger partial charge >= 0.3 is 5.63 Å². The summed E-state index contributed by atoms with van der Waals surface area (Å²) in [5, 5.41) is 0.927. The van der Waals surface area contributed by atoms with Crippen LogP contribution in [-0.2, 0) is 6.54 Å². The lowest BCUT2D eigenvalue weighted by Gasteiger charge is -2.22. The zero-order chi connectivity index (χ0) is 17.3. The van der Waals surface area contributed by atoms with Gasteiger partial charge < -0.3 is 14.1 Å². The maximum Gasteiger partial charge on any atom is 0.338 e. The third-order valence-electron chi connectivity index (χ3n) is 4.02. The van der Waals surface area contributed by atoms with Crippen LogP contribution in [0.25, 0.3) is 11.0 Å². The first-order valence-corrected chi connectivity index (χ1v) is 8.36. The fourth-order valence-corrected chi connectivity index (χ4v) is 3.14. The molecule has 0 spiro atoms. The van der Waals surface area contributed by atoms with Crippen molar-refractivity contribution in [2.75, 3.05) is 19.1 Å². The summed E-state index contributed by atoms with van der Waals surface area (Å²) in [4.78, 5) is 14.0. The molecule has 5 heteroatoms. The van der Waals surface area contributed by atoms with E-state index in [1.54, 1.807) is 7.11 Å². The number of methoxy groups -OCH3 is 1. The van der Waals surface area contributed by atoms with Crippen molar-refractivity contribution in [1.82, 2.24) is 0 Å². The third kappa shape index (κ3) is 3.17. The molecule has 0 aliphatic heterocycles. The normalized spacial score (nSPS) is 10.8. The second-order valence-electron chi connectivity index (χ2n) is 5.72. The predicted octanol–water partition coefficient (Wildman–Crippen LogP) is 4.51. The summed E-state index contributed by atoms with van der Waals surface area (Å²) in [6.07, 6.45) is 0. The second-order valence-corrected chi connectivity index (χ2v) is 6.57. The van der Waals surface area contributed by atoms with Crippen LogP contribution in [0.15, 0.2) is 56.1 Å². The van der Waals surface area contributed by atoms with E-state index < -0.39 is 0 Å². The Kier molecular flexibility index (Phi) is 4.62. The number of fused-ring (bicyclic) bond motifs is 1. The lowest BCUT2D eigenvalue weighted by molar-refractivity contribution is 0.414. The van der Waals surface area contributed by atoms with Gasteiger partial charge in [-0.1, -0.05) is 28.1 Å². The van der Waals surface area contributed by atoms with Gasteiger partial charge in [0.05, 0.1) is 12.8 Å². The number of halogens is 1. The Morgan fingerprint density at radius 1 is 1.21 bits per heavy atom. The first-order valence-electron chi connectivity index (χ1n) is 7.56. The van der Waals surface area contributed by atoms with Crippen molar-refractivity contribution in [3.8, 4) is 5.75 Å². The van der Waals surface area contributed by atoms with E-state index in [2.05, 4.69) is 15.9 Å². The average Bonchev–Trinajstić information content (AvgIpc) is 2.57. The Morgan fingerprint density at radius 2 is 2.00 bits per heavy atom. The van der Waals surface area contributed by atoms with E-state index >= 15 is 0 Å². The smallest absolute Gasteiger partial charge is 0.338 e. The van der Waals surface area contributed by atoms with Gasteiger partial charge in [-0.05, 0) is 42.3 Å². The number of anilines is 1. The van der Waals surface area contributed by atoms with Crippen LogP contribution in [-0.4, -0.2) is 14.2 Å². The van der Waals surface area contributed by atoms with Gasteiger partial charge in [-0.15, -0.1) is 0 Å². The molecule has 4 nitrogen and oxygen atoms in total. The Morgan fingerprint density at radius 3 is 2.75 bits per heavy atom. The molecule has 124 valence electrons. The van der Waals surface area contributed by atoms with Crippen LogP contribution in [0.5, 0.6) is 5.75 Å². The van der Waals surface area contributed by atoms with Gasteiger partial charge in [-0.2, -0.15) is 0 Å². The summed E-state index contributed by atoms with van der Waals surface area (Å²) >= 11 is 3.57. The monoisotopic (exact) mass is 387 g/mol. The molecule has 0 radical (unpaired) electrons. The summed E-state index contributed by atoms with van der Waals surface area (Å²) in [6.45, 7) is 2.57. The summed E-state index contributed by atoms with van der Waals surface area (Å²) in [5.41, 5.74) is 3.16. The molecule has 0 N–H and O–H groups in total. The maximum atomic E-state index is 12.0. The summed E-state index contributed by atoms with van der Waals surface area (Å²) in [6, 6.07) is 13.3. The van der Waals surface area contributed by atoms with E-state index in [0.29, 0.717) is 12.1 Å². The molecule has 3 rings (SSSR count). The average molecular weight is 388 g/mol. The van der Waals surface area contributed by atoms with Crippen molar-refractivity contribution in [1.29, 1.82) is 0 Å². The van der Waals surface area contributed by atoms with Crippen molar-refractivity contribution in [2.24, 2.45) is 0 Å². The van der Waals surface area contributed by atoms with E-state index in [4.69, 9.17) is 9.15 Å². The van der Waals surface area contributed by atoms with Crippen molar-refractivity contribution >= 4 is 32.6 Å². The molecule has 0 aliphatic rings. The van der Waals surface area contributed by atoms with E-state index in [1.807, 2.05) is 55.3 Å². The third-order valence-corrected chi connectivity index (χ3v) is 4.79. The van der Waals surface area contributed by atoms with Gasteiger partial charge in [0.25, 0.3) is 0 Å². The van der Waals surface area contributed by atoms with Crippen molar-refractivity contribution in [3.63, 3.8) is 0 Å². The topological polar surface area (TPSA) is 42.7 Å². The number of para-hydroxylation sites is 1. The SMILES string of the molecule is COc1ccc(Br)c(CN(C)c2cc(=O)oc3c(C)cccc23)c1. The van der Waals surface area contributed by atoms with Crippen LogP contribution in [0, 0.1) is 6.92 Å². The molecule has 0 amide bonds. The molecule has 0 unspecified atom stereocenters. The molecule has 24 heavy (non-hydrogen) atoms. The predicted molar refractivity (Wildman–Crippen MR) is 100 cm³/mol. The van der Waals surface area contributed by atoms with Gasteiger partial charge in [0.2, 0.25) is 0 Å². The standard InChI is InChI=1S/C19H18BrNO3/c1-12-5-4-6-15-17(10-18(22)24-19(12)15)21(2)11-13-9-14(23-3)7-8-16(13)20/h4-10H,11H2,1-3H3. The number of hydrogen-bond donors (Lipinski definition) is 0. The molecular weight excluding hydrogens is 370 g/mol. The highest BCUT2D eigenvalue weighted by Crippen LogP contribution is 2.29. The Hall–Kier alpha value is -2.27. The highest BCUT2D eigenvalue weighted by molar-refractivity contribution is 9.10. The van der Waals surface area contributed by atoms with E-state index in [0.717, 1.165) is 32.4 Å². The minimum absolute atomic E-state index is 0.344. The Balaban J connectivity index is 2.05. The molecule has 2 aromatic carbocycles. The molecule has 0 saturated heterocycles. The Labute approximate surface area is 148 Å². The summed E-state index contributed by atoms with van der Waals surface area (Å²) in [5.74, 6) is 0.801. The summed E-state index contributed by atoms with van der Waals surface area (Å²) in [7, 11) is 3.61. The molecule has 0 aliphatic carbocycles. The lowest BCUT2D eigenvalue weighted by Crippen LogP contribution is -2.19.